The fraction of sp³-hybridized carbons (Fsp3) is 0.348. The number of piperidine rings is 1. The lowest BCUT2D eigenvalue weighted by atomic mass is 9.99. The second-order valence-corrected chi connectivity index (χ2v) is 8.54. The van der Waals surface area contributed by atoms with Gasteiger partial charge in [-0.25, -0.2) is 4.98 Å². The summed E-state index contributed by atoms with van der Waals surface area (Å²) < 4.78 is 6.81. The first kappa shape index (κ1) is 20.5. The molecule has 0 N–H and O–H groups in total. The largest absolute Gasteiger partial charge is 0.497 e. The number of benzene rings is 2. The number of carbonyl (C=O) groups is 1. The highest BCUT2D eigenvalue weighted by molar-refractivity contribution is 7.99. The van der Waals surface area contributed by atoms with Gasteiger partial charge in [-0.15, -0.1) is 0 Å². The van der Waals surface area contributed by atoms with Gasteiger partial charge in [0.1, 0.15) is 5.75 Å². The highest BCUT2D eigenvalue weighted by Crippen LogP contribution is 2.24. The van der Waals surface area contributed by atoms with E-state index in [-0.39, 0.29) is 17.2 Å². The fourth-order valence-corrected chi connectivity index (χ4v) is 4.56. The molecule has 4 rings (SSSR count). The summed E-state index contributed by atoms with van der Waals surface area (Å²) in [4.78, 5) is 32.6. The molecule has 2 heterocycles. The van der Waals surface area contributed by atoms with Gasteiger partial charge in [-0.2, -0.15) is 0 Å². The Morgan fingerprint density at radius 1 is 1.13 bits per heavy atom. The monoisotopic (exact) mass is 423 g/mol. The van der Waals surface area contributed by atoms with Crippen molar-refractivity contribution in [3.63, 3.8) is 0 Å². The minimum Gasteiger partial charge on any atom is -0.497 e. The summed E-state index contributed by atoms with van der Waals surface area (Å²) >= 11 is 1.31. The highest BCUT2D eigenvalue weighted by Gasteiger charge is 2.21. The van der Waals surface area contributed by atoms with Crippen LogP contribution in [-0.2, 0) is 4.79 Å². The van der Waals surface area contributed by atoms with Crippen LogP contribution in [0.15, 0.2) is 58.5 Å². The lowest BCUT2D eigenvalue weighted by Gasteiger charge is -2.30. The van der Waals surface area contributed by atoms with Gasteiger partial charge in [0.2, 0.25) is 5.91 Å². The maximum atomic E-state index is 13.3. The third-order valence-electron chi connectivity index (χ3n) is 5.54. The molecule has 1 amide bonds. The molecule has 1 aromatic heterocycles. The Bertz CT molecular complexity index is 1100. The molecule has 0 spiro atoms. The normalized spacial score (nSPS) is 14.8. The smallest absolute Gasteiger partial charge is 0.266 e. The topological polar surface area (TPSA) is 64.4 Å². The zero-order valence-corrected chi connectivity index (χ0v) is 18.0. The number of hydrogen-bond donors (Lipinski definition) is 0. The van der Waals surface area contributed by atoms with Crippen LogP contribution >= 0.6 is 11.8 Å². The number of carbonyl (C=O) groups excluding carboxylic acids is 1. The molecule has 1 aliphatic heterocycles. The molecule has 1 saturated heterocycles. The molecule has 7 heteroatoms. The summed E-state index contributed by atoms with van der Waals surface area (Å²) in [5, 5.41) is 1.07. The number of thioether (sulfide) groups is 1. The van der Waals surface area contributed by atoms with Crippen molar-refractivity contribution < 1.29 is 9.53 Å². The van der Waals surface area contributed by atoms with Crippen molar-refractivity contribution in [2.75, 3.05) is 26.0 Å². The first-order valence-electron chi connectivity index (χ1n) is 10.1. The number of amides is 1. The minimum atomic E-state index is -0.146. The average Bonchev–Trinajstić information content (AvgIpc) is 2.78. The number of hydrogen-bond acceptors (Lipinski definition) is 5. The maximum absolute atomic E-state index is 13.3. The van der Waals surface area contributed by atoms with Crippen LogP contribution in [0.25, 0.3) is 16.6 Å². The van der Waals surface area contributed by atoms with Crippen molar-refractivity contribution in [3.05, 3.63) is 58.9 Å². The van der Waals surface area contributed by atoms with Crippen LogP contribution in [0.2, 0.25) is 0 Å². The highest BCUT2D eigenvalue weighted by atomic mass is 32.2. The van der Waals surface area contributed by atoms with Gasteiger partial charge in [-0.05, 0) is 55.2 Å². The molecule has 3 aromatic rings. The Kier molecular flexibility index (Phi) is 6.08. The van der Waals surface area contributed by atoms with Gasteiger partial charge in [0.05, 0.1) is 29.5 Å². The standard InChI is InChI=1S/C23H25N3O3S/c1-16-11-13-25(14-12-16)21(27)15-30-23-24-20-6-4-3-5-19(20)22(28)26(23)17-7-9-18(29-2)10-8-17/h3-10,16H,11-15H2,1-2H3. The number of methoxy groups -OCH3 is 1. The van der Waals surface area contributed by atoms with E-state index in [1.807, 2.05) is 47.4 Å². The Morgan fingerprint density at radius 2 is 1.83 bits per heavy atom. The second-order valence-electron chi connectivity index (χ2n) is 7.60. The zero-order valence-electron chi connectivity index (χ0n) is 17.2. The molecule has 0 saturated carbocycles. The molecule has 0 radical (unpaired) electrons. The molecule has 0 aliphatic carbocycles. The number of nitrogens with zero attached hydrogens (tertiary/aromatic N) is 3. The fourth-order valence-electron chi connectivity index (χ4n) is 3.64. The average molecular weight is 424 g/mol. The quantitative estimate of drug-likeness (QED) is 0.462. The van der Waals surface area contributed by atoms with Gasteiger partial charge < -0.3 is 9.64 Å². The number of fused-ring (bicyclic) bond motifs is 1. The van der Waals surface area contributed by atoms with Crippen molar-refractivity contribution in [2.24, 2.45) is 5.92 Å². The van der Waals surface area contributed by atoms with Crippen LogP contribution in [0.4, 0.5) is 0 Å². The zero-order chi connectivity index (χ0) is 21.1. The maximum Gasteiger partial charge on any atom is 0.266 e. The van der Waals surface area contributed by atoms with Crippen LogP contribution in [0.5, 0.6) is 5.75 Å². The third-order valence-corrected chi connectivity index (χ3v) is 6.46. The summed E-state index contributed by atoms with van der Waals surface area (Å²) in [7, 11) is 1.60. The Balaban J connectivity index is 1.67. The molecule has 0 unspecified atom stereocenters. The summed E-state index contributed by atoms with van der Waals surface area (Å²) in [5.41, 5.74) is 1.18. The van der Waals surface area contributed by atoms with Gasteiger partial charge in [0, 0.05) is 13.1 Å². The van der Waals surface area contributed by atoms with E-state index in [0.29, 0.717) is 33.4 Å². The minimum absolute atomic E-state index is 0.0931. The lowest BCUT2D eigenvalue weighted by molar-refractivity contribution is -0.129. The predicted octanol–water partition coefficient (Wildman–Crippen LogP) is 3.74. The van der Waals surface area contributed by atoms with Crippen molar-refractivity contribution in [3.8, 4) is 11.4 Å². The third kappa shape index (κ3) is 4.21. The van der Waals surface area contributed by atoms with Crippen LogP contribution in [0.3, 0.4) is 0 Å². The Hall–Kier alpha value is -2.80. The molecule has 0 atom stereocenters. The summed E-state index contributed by atoms with van der Waals surface area (Å²) in [5.74, 6) is 1.74. The molecule has 30 heavy (non-hydrogen) atoms. The van der Waals surface area contributed by atoms with Crippen molar-refractivity contribution >= 4 is 28.6 Å². The van der Waals surface area contributed by atoms with E-state index in [4.69, 9.17) is 9.72 Å². The molecule has 2 aromatic carbocycles. The molecule has 6 nitrogen and oxygen atoms in total. The molecular weight excluding hydrogens is 398 g/mol. The van der Waals surface area contributed by atoms with E-state index in [9.17, 15) is 9.59 Å². The van der Waals surface area contributed by atoms with Crippen molar-refractivity contribution in [1.29, 1.82) is 0 Å². The van der Waals surface area contributed by atoms with E-state index in [1.165, 1.54) is 11.8 Å². The summed E-state index contributed by atoms with van der Waals surface area (Å²) in [6.45, 7) is 3.83. The van der Waals surface area contributed by atoms with Gasteiger partial charge >= 0.3 is 0 Å². The van der Waals surface area contributed by atoms with Gasteiger partial charge in [0.15, 0.2) is 5.16 Å². The number of para-hydroxylation sites is 1. The van der Waals surface area contributed by atoms with Gasteiger partial charge in [0.25, 0.3) is 5.56 Å². The number of aromatic nitrogens is 2. The SMILES string of the molecule is COc1ccc(-n2c(SCC(=O)N3CCC(C)CC3)nc3ccccc3c2=O)cc1. The summed E-state index contributed by atoms with van der Waals surface area (Å²) in [6.07, 6.45) is 2.09. The van der Waals surface area contributed by atoms with E-state index >= 15 is 0 Å². The van der Waals surface area contributed by atoms with Crippen LogP contribution in [-0.4, -0.2) is 46.3 Å². The van der Waals surface area contributed by atoms with Crippen LogP contribution in [0, 0.1) is 5.92 Å². The van der Waals surface area contributed by atoms with Crippen LogP contribution < -0.4 is 10.3 Å². The number of rotatable bonds is 5. The molecule has 0 bridgehead atoms. The van der Waals surface area contributed by atoms with E-state index in [2.05, 4.69) is 6.92 Å². The Labute approximate surface area is 179 Å². The number of ether oxygens (including phenoxy) is 1. The summed E-state index contributed by atoms with van der Waals surface area (Å²) in [6, 6.07) is 14.6. The van der Waals surface area contributed by atoms with E-state index in [1.54, 1.807) is 17.7 Å². The first-order valence-corrected chi connectivity index (χ1v) is 11.1. The van der Waals surface area contributed by atoms with Crippen molar-refractivity contribution in [1.82, 2.24) is 14.5 Å². The number of likely N-dealkylation sites (tertiary alicyclic amines) is 1. The van der Waals surface area contributed by atoms with E-state index in [0.717, 1.165) is 25.9 Å². The van der Waals surface area contributed by atoms with Gasteiger partial charge in [-0.3, -0.25) is 14.2 Å². The molecule has 1 fully saturated rings. The van der Waals surface area contributed by atoms with E-state index < -0.39 is 0 Å². The first-order chi connectivity index (χ1) is 14.6. The van der Waals surface area contributed by atoms with Crippen LogP contribution in [0.1, 0.15) is 19.8 Å². The van der Waals surface area contributed by atoms with Gasteiger partial charge in [-0.1, -0.05) is 30.8 Å². The second kappa shape index (κ2) is 8.92. The molecule has 1 aliphatic rings. The Morgan fingerprint density at radius 3 is 2.53 bits per heavy atom. The molecular formula is C23H25N3O3S. The lowest BCUT2D eigenvalue weighted by Crippen LogP contribution is -2.39. The predicted molar refractivity (Wildman–Crippen MR) is 120 cm³/mol. The molecule has 156 valence electrons. The van der Waals surface area contributed by atoms with Crippen molar-refractivity contribution in [2.45, 2.75) is 24.9 Å².